The minimum absolute atomic E-state index is 0.0902. The van der Waals surface area contributed by atoms with Gasteiger partial charge in [0, 0.05) is 11.3 Å². The number of benzene rings is 1. The first-order valence-corrected chi connectivity index (χ1v) is 13.4. The topological polar surface area (TPSA) is 64.1 Å². The summed E-state index contributed by atoms with van der Waals surface area (Å²) in [4.78, 5) is 12.7. The zero-order chi connectivity index (χ0) is 20.6. The molecule has 1 aromatic carbocycles. The molecule has 0 unspecified atom stereocenters. The molecule has 4 aliphatic carbocycles. The van der Waals surface area contributed by atoms with E-state index in [0.717, 1.165) is 37.9 Å². The summed E-state index contributed by atoms with van der Waals surface area (Å²) in [5.74, 6) is 4.83. The Morgan fingerprint density at radius 2 is 1.67 bits per heavy atom. The molecule has 2 aromatic rings. The maximum atomic E-state index is 12.7. The number of amides is 1. The SMILES string of the molecule is COc1ccc(CSc2nnc(SCC(=O)NC34CC5CC(CC(C5)C3)C4)s2)cc1. The van der Waals surface area contributed by atoms with Gasteiger partial charge in [0.2, 0.25) is 5.91 Å². The summed E-state index contributed by atoms with van der Waals surface area (Å²) >= 11 is 4.75. The van der Waals surface area contributed by atoms with Crippen molar-refractivity contribution in [3.8, 4) is 5.75 Å². The number of rotatable bonds is 8. The van der Waals surface area contributed by atoms with Crippen molar-refractivity contribution in [3.05, 3.63) is 29.8 Å². The Morgan fingerprint density at radius 1 is 1.07 bits per heavy atom. The first kappa shape index (κ1) is 20.6. The molecule has 4 fully saturated rings. The zero-order valence-electron chi connectivity index (χ0n) is 17.1. The molecule has 0 saturated heterocycles. The number of ether oxygens (including phenoxy) is 1. The van der Waals surface area contributed by atoms with Gasteiger partial charge in [0.15, 0.2) is 8.68 Å². The number of hydrogen-bond donors (Lipinski definition) is 1. The molecule has 0 spiro atoms. The number of nitrogens with zero attached hydrogens (tertiary/aromatic N) is 2. The van der Waals surface area contributed by atoms with Crippen LogP contribution in [0.4, 0.5) is 0 Å². The van der Waals surface area contributed by atoms with Crippen LogP contribution in [0.3, 0.4) is 0 Å². The van der Waals surface area contributed by atoms with E-state index >= 15 is 0 Å². The molecule has 0 radical (unpaired) electrons. The summed E-state index contributed by atoms with van der Waals surface area (Å²) in [6, 6.07) is 8.08. The predicted molar refractivity (Wildman–Crippen MR) is 122 cm³/mol. The van der Waals surface area contributed by atoms with Crippen molar-refractivity contribution in [1.82, 2.24) is 15.5 Å². The van der Waals surface area contributed by atoms with E-state index in [2.05, 4.69) is 27.6 Å². The average molecular weight is 462 g/mol. The highest BCUT2D eigenvalue weighted by Crippen LogP contribution is 2.55. The molecule has 1 aromatic heterocycles. The summed E-state index contributed by atoms with van der Waals surface area (Å²) in [5, 5.41) is 12.0. The lowest BCUT2D eigenvalue weighted by molar-refractivity contribution is -0.124. The van der Waals surface area contributed by atoms with Gasteiger partial charge in [-0.3, -0.25) is 4.79 Å². The lowest BCUT2D eigenvalue weighted by Gasteiger charge is -2.56. The second-order valence-corrected chi connectivity index (χ2v) is 12.4. The van der Waals surface area contributed by atoms with E-state index in [1.54, 1.807) is 30.2 Å². The van der Waals surface area contributed by atoms with Gasteiger partial charge in [-0.1, -0.05) is 47.0 Å². The number of nitrogens with one attached hydrogen (secondary N) is 1. The van der Waals surface area contributed by atoms with Gasteiger partial charge in [0.05, 0.1) is 12.9 Å². The molecule has 0 atom stereocenters. The Morgan fingerprint density at radius 3 is 2.27 bits per heavy atom. The van der Waals surface area contributed by atoms with Crippen molar-refractivity contribution in [2.24, 2.45) is 17.8 Å². The summed E-state index contributed by atoms with van der Waals surface area (Å²) in [5.41, 5.74) is 1.31. The van der Waals surface area contributed by atoms with E-state index in [1.807, 2.05) is 12.1 Å². The second-order valence-electron chi connectivity index (χ2n) is 9.01. The van der Waals surface area contributed by atoms with E-state index < -0.39 is 0 Å². The highest BCUT2D eigenvalue weighted by atomic mass is 32.2. The summed E-state index contributed by atoms with van der Waals surface area (Å²) in [6.45, 7) is 0. The third-order valence-electron chi connectivity index (χ3n) is 6.68. The molecule has 0 aliphatic heterocycles. The quantitative estimate of drug-likeness (QED) is 0.557. The van der Waals surface area contributed by atoms with E-state index in [9.17, 15) is 4.79 Å². The first-order valence-electron chi connectivity index (χ1n) is 10.6. The van der Waals surface area contributed by atoms with Gasteiger partial charge in [-0.15, -0.1) is 10.2 Å². The van der Waals surface area contributed by atoms with Crippen molar-refractivity contribution in [2.75, 3.05) is 12.9 Å². The van der Waals surface area contributed by atoms with Crippen LogP contribution in [0.15, 0.2) is 32.9 Å². The van der Waals surface area contributed by atoms with Crippen LogP contribution in [-0.4, -0.2) is 34.5 Å². The smallest absolute Gasteiger partial charge is 0.230 e. The van der Waals surface area contributed by atoms with Crippen LogP contribution in [0.25, 0.3) is 0 Å². The maximum absolute atomic E-state index is 12.7. The van der Waals surface area contributed by atoms with Crippen LogP contribution in [0.2, 0.25) is 0 Å². The van der Waals surface area contributed by atoms with Gasteiger partial charge in [-0.25, -0.2) is 0 Å². The fourth-order valence-corrected chi connectivity index (χ4v) is 8.68. The monoisotopic (exact) mass is 461 g/mol. The molecule has 8 heteroatoms. The molecule has 1 amide bonds. The lowest BCUT2D eigenvalue weighted by Crippen LogP contribution is -2.60. The standard InChI is InChI=1S/C22H27N3O2S3/c1-27-18-4-2-14(3-5-18)12-28-20-24-25-21(30-20)29-13-19(26)23-22-9-15-6-16(10-22)8-17(7-15)11-22/h2-5,15-17H,6-13H2,1H3,(H,23,26). The van der Waals surface area contributed by atoms with Crippen LogP contribution < -0.4 is 10.1 Å². The van der Waals surface area contributed by atoms with Crippen molar-refractivity contribution in [1.29, 1.82) is 0 Å². The van der Waals surface area contributed by atoms with Crippen LogP contribution >= 0.6 is 34.9 Å². The Bertz CT molecular complexity index is 864. The van der Waals surface area contributed by atoms with Gasteiger partial charge in [0.25, 0.3) is 0 Å². The summed E-state index contributed by atoms with van der Waals surface area (Å²) in [6.07, 6.45) is 7.77. The highest BCUT2D eigenvalue weighted by Gasteiger charge is 2.51. The number of hydrogen-bond acceptors (Lipinski definition) is 7. The minimum atomic E-state index is 0.0902. The Hall–Kier alpha value is -1.25. The van der Waals surface area contributed by atoms with Gasteiger partial charge in [-0.2, -0.15) is 0 Å². The molecule has 160 valence electrons. The molecule has 4 bridgehead atoms. The summed E-state index contributed by atoms with van der Waals surface area (Å²) in [7, 11) is 1.67. The number of methoxy groups -OCH3 is 1. The largest absolute Gasteiger partial charge is 0.497 e. The van der Waals surface area contributed by atoms with Crippen molar-refractivity contribution < 1.29 is 9.53 Å². The van der Waals surface area contributed by atoms with Crippen molar-refractivity contribution in [3.63, 3.8) is 0 Å². The highest BCUT2D eigenvalue weighted by molar-refractivity contribution is 8.03. The van der Waals surface area contributed by atoms with Gasteiger partial charge in [-0.05, 0) is 74.0 Å². The van der Waals surface area contributed by atoms with Gasteiger partial charge >= 0.3 is 0 Å². The van der Waals surface area contributed by atoms with Crippen LogP contribution in [-0.2, 0) is 10.5 Å². The number of aromatic nitrogens is 2. The Balaban J connectivity index is 1.09. The lowest BCUT2D eigenvalue weighted by atomic mass is 9.53. The van der Waals surface area contributed by atoms with Crippen LogP contribution in [0.5, 0.6) is 5.75 Å². The molecule has 1 heterocycles. The zero-order valence-corrected chi connectivity index (χ0v) is 19.6. The second kappa shape index (κ2) is 8.71. The third kappa shape index (κ3) is 4.65. The minimum Gasteiger partial charge on any atom is -0.497 e. The molecular formula is C22H27N3O2S3. The average Bonchev–Trinajstić information content (AvgIpc) is 3.18. The van der Waals surface area contributed by atoms with Gasteiger partial charge < -0.3 is 10.1 Å². The van der Waals surface area contributed by atoms with E-state index in [1.165, 1.54) is 55.9 Å². The number of carbonyl (C=O) groups excluding carboxylic acids is 1. The molecule has 1 N–H and O–H groups in total. The predicted octanol–water partition coefficient (Wildman–Crippen LogP) is 5.02. The van der Waals surface area contributed by atoms with E-state index in [4.69, 9.17) is 4.74 Å². The normalized spacial score (nSPS) is 29.2. The molecule has 6 rings (SSSR count). The van der Waals surface area contributed by atoms with Crippen LogP contribution in [0.1, 0.15) is 44.1 Å². The van der Waals surface area contributed by atoms with E-state index in [0.29, 0.717) is 5.75 Å². The van der Waals surface area contributed by atoms with Gasteiger partial charge in [0.1, 0.15) is 5.75 Å². The molecule has 4 aliphatic rings. The fraction of sp³-hybridized carbons (Fsp3) is 0.591. The Labute approximate surface area is 190 Å². The number of thioether (sulfide) groups is 2. The molecule has 5 nitrogen and oxygen atoms in total. The molecule has 30 heavy (non-hydrogen) atoms. The van der Waals surface area contributed by atoms with Crippen molar-refractivity contribution in [2.45, 2.75) is 58.5 Å². The number of carbonyl (C=O) groups is 1. The maximum Gasteiger partial charge on any atom is 0.230 e. The fourth-order valence-electron chi connectivity index (χ4n) is 5.90. The molecule has 4 saturated carbocycles. The third-order valence-corrected chi connectivity index (χ3v) is 9.94. The Kier molecular flexibility index (Phi) is 5.99. The van der Waals surface area contributed by atoms with Crippen LogP contribution in [0, 0.1) is 17.8 Å². The first-order chi connectivity index (χ1) is 14.6. The van der Waals surface area contributed by atoms with Crippen molar-refractivity contribution >= 4 is 40.8 Å². The summed E-state index contributed by atoms with van der Waals surface area (Å²) < 4.78 is 7.00. The molecular weight excluding hydrogens is 434 g/mol. The van der Waals surface area contributed by atoms with E-state index in [-0.39, 0.29) is 11.4 Å².